The first-order chi connectivity index (χ1) is 17.1. The fraction of sp³-hybridized carbons (Fsp3) is 0.154. The Kier molecular flexibility index (Phi) is 8.58. The molecule has 4 aromatic rings. The maximum absolute atomic E-state index is 13.4. The van der Waals surface area contributed by atoms with E-state index >= 15 is 0 Å². The van der Waals surface area contributed by atoms with Crippen molar-refractivity contribution in [3.05, 3.63) is 108 Å². The molecule has 2 unspecified atom stereocenters. The van der Waals surface area contributed by atoms with Gasteiger partial charge in [-0.15, -0.1) is 11.8 Å². The summed E-state index contributed by atoms with van der Waals surface area (Å²) in [5.74, 6) is -0.815. The number of esters is 1. The Morgan fingerprint density at radius 1 is 1.03 bits per heavy atom. The van der Waals surface area contributed by atoms with E-state index < -0.39 is 17.4 Å². The smallest absolute Gasteiger partial charge is 0.356 e. The molecule has 35 heavy (non-hydrogen) atoms. The number of carbonyl (C=O) groups is 2. The summed E-state index contributed by atoms with van der Waals surface area (Å²) in [6.07, 6.45) is 6.19. The van der Waals surface area contributed by atoms with E-state index in [1.165, 1.54) is 36.0 Å². The van der Waals surface area contributed by atoms with E-state index in [0.717, 1.165) is 10.5 Å². The molecule has 4 rings (SSSR count). The minimum Gasteiger partial charge on any atom is -0.454 e. The predicted molar refractivity (Wildman–Crippen MR) is 138 cm³/mol. The molecule has 1 amide bonds. The molecule has 7 nitrogen and oxygen atoms in total. The van der Waals surface area contributed by atoms with Gasteiger partial charge >= 0.3 is 5.97 Å². The molecule has 0 saturated carbocycles. The number of aromatic nitrogens is 3. The van der Waals surface area contributed by atoms with Gasteiger partial charge in [0.1, 0.15) is 22.2 Å². The van der Waals surface area contributed by atoms with Gasteiger partial charge in [0.15, 0.2) is 0 Å². The SMILES string of the molecule is CSC(NC(=O)c1cccnc1Sc1ccccc1)C(Cc1ccccc1)OC(=O)c1cnc[nH]1. The molecule has 0 spiro atoms. The molecule has 178 valence electrons. The Hall–Kier alpha value is -3.56. The lowest BCUT2D eigenvalue weighted by atomic mass is 10.1. The van der Waals surface area contributed by atoms with Crippen LogP contribution in [0.15, 0.2) is 101 Å². The fourth-order valence-electron chi connectivity index (χ4n) is 3.38. The number of hydrogen-bond acceptors (Lipinski definition) is 7. The number of imidazole rings is 1. The topological polar surface area (TPSA) is 97.0 Å². The zero-order valence-electron chi connectivity index (χ0n) is 19.0. The Balaban J connectivity index is 1.54. The Bertz CT molecular complexity index is 1240. The van der Waals surface area contributed by atoms with Crippen LogP contribution in [0.5, 0.6) is 0 Å². The van der Waals surface area contributed by atoms with Gasteiger partial charge in [-0.1, -0.05) is 60.3 Å². The van der Waals surface area contributed by atoms with Crippen molar-refractivity contribution in [3.63, 3.8) is 0 Å². The van der Waals surface area contributed by atoms with Crippen molar-refractivity contribution < 1.29 is 14.3 Å². The van der Waals surface area contributed by atoms with E-state index in [2.05, 4.69) is 20.3 Å². The first-order valence-electron chi connectivity index (χ1n) is 10.9. The normalized spacial score (nSPS) is 12.5. The molecule has 9 heteroatoms. The molecule has 0 aliphatic heterocycles. The molecule has 0 aliphatic carbocycles. The largest absolute Gasteiger partial charge is 0.454 e. The number of amides is 1. The fourth-order valence-corrected chi connectivity index (χ4v) is 4.96. The monoisotopic (exact) mass is 504 g/mol. The number of H-pyrrole nitrogens is 1. The molecule has 2 N–H and O–H groups in total. The van der Waals surface area contributed by atoms with Crippen LogP contribution in [0, 0.1) is 0 Å². The number of ether oxygens (including phenoxy) is 1. The number of pyridine rings is 1. The first-order valence-corrected chi connectivity index (χ1v) is 13.0. The van der Waals surface area contributed by atoms with Crippen molar-refractivity contribution in [2.75, 3.05) is 6.26 Å². The average Bonchev–Trinajstić information content (AvgIpc) is 3.44. The van der Waals surface area contributed by atoms with Gasteiger partial charge in [0, 0.05) is 17.5 Å². The van der Waals surface area contributed by atoms with Crippen molar-refractivity contribution >= 4 is 35.4 Å². The first kappa shape index (κ1) is 24.6. The van der Waals surface area contributed by atoms with Crippen LogP contribution in [-0.4, -0.2) is 44.6 Å². The van der Waals surface area contributed by atoms with Gasteiger partial charge in [0.25, 0.3) is 5.91 Å². The summed E-state index contributed by atoms with van der Waals surface area (Å²) in [4.78, 5) is 38.1. The minimum absolute atomic E-state index is 0.253. The second kappa shape index (κ2) is 12.2. The van der Waals surface area contributed by atoms with Crippen molar-refractivity contribution in [1.29, 1.82) is 0 Å². The number of hydrogen-bond donors (Lipinski definition) is 2. The zero-order chi connectivity index (χ0) is 24.5. The van der Waals surface area contributed by atoms with Crippen LogP contribution in [0.4, 0.5) is 0 Å². The molecule has 0 fully saturated rings. The Morgan fingerprint density at radius 2 is 1.77 bits per heavy atom. The van der Waals surface area contributed by atoms with E-state index in [0.29, 0.717) is 17.0 Å². The minimum atomic E-state index is -0.617. The van der Waals surface area contributed by atoms with Crippen LogP contribution in [0.25, 0.3) is 0 Å². The number of nitrogens with zero attached hydrogens (tertiary/aromatic N) is 2. The second-order valence-corrected chi connectivity index (χ2v) is 9.54. The standard InChI is InChI=1S/C26H24N4O3S2/c1-34-25(22(15-18-9-4-2-5-10-18)33-26(32)21-16-27-17-29-21)30-23(31)20-13-8-14-28-24(20)35-19-11-6-3-7-12-19/h2-14,16-17,22,25H,15H2,1H3,(H,27,29)(H,30,31). The number of thioether (sulfide) groups is 1. The summed E-state index contributed by atoms with van der Waals surface area (Å²) in [5.41, 5.74) is 1.70. The number of benzene rings is 2. The Labute approximate surface area is 212 Å². The van der Waals surface area contributed by atoms with Crippen LogP contribution in [0.3, 0.4) is 0 Å². The summed E-state index contributed by atoms with van der Waals surface area (Å²) >= 11 is 2.83. The number of rotatable bonds is 10. The van der Waals surface area contributed by atoms with Crippen molar-refractivity contribution in [2.24, 2.45) is 0 Å². The van der Waals surface area contributed by atoms with E-state index in [1.54, 1.807) is 18.3 Å². The van der Waals surface area contributed by atoms with E-state index in [4.69, 9.17) is 4.74 Å². The van der Waals surface area contributed by atoms with Gasteiger partial charge in [-0.3, -0.25) is 4.79 Å². The van der Waals surface area contributed by atoms with Gasteiger partial charge < -0.3 is 15.0 Å². The van der Waals surface area contributed by atoms with E-state index in [-0.39, 0.29) is 11.6 Å². The predicted octanol–water partition coefficient (Wildman–Crippen LogP) is 4.84. The summed E-state index contributed by atoms with van der Waals surface area (Å²) < 4.78 is 5.85. The highest BCUT2D eigenvalue weighted by molar-refractivity contribution is 7.99. The lowest BCUT2D eigenvalue weighted by molar-refractivity contribution is 0.0267. The summed E-state index contributed by atoms with van der Waals surface area (Å²) in [6, 6.07) is 23.0. The van der Waals surface area contributed by atoms with Gasteiger partial charge in [0.2, 0.25) is 0 Å². The molecule has 2 heterocycles. The molecule has 2 aromatic carbocycles. The third-order valence-electron chi connectivity index (χ3n) is 5.09. The van der Waals surface area contributed by atoms with Crippen molar-refractivity contribution in [3.8, 4) is 0 Å². The molecule has 0 aliphatic rings. The third kappa shape index (κ3) is 6.74. The molecular weight excluding hydrogens is 480 g/mol. The number of carbonyl (C=O) groups excluding carboxylic acids is 2. The van der Waals surface area contributed by atoms with Crippen molar-refractivity contribution in [1.82, 2.24) is 20.3 Å². The quantitative estimate of drug-likeness (QED) is 0.236. The maximum Gasteiger partial charge on any atom is 0.356 e. The number of nitrogens with one attached hydrogen (secondary N) is 2. The molecule has 2 atom stereocenters. The Morgan fingerprint density at radius 3 is 2.46 bits per heavy atom. The highest BCUT2D eigenvalue weighted by Gasteiger charge is 2.29. The van der Waals surface area contributed by atoms with E-state index in [1.807, 2.05) is 66.9 Å². The maximum atomic E-state index is 13.4. The van der Waals surface area contributed by atoms with Crippen LogP contribution in [-0.2, 0) is 11.2 Å². The highest BCUT2D eigenvalue weighted by Crippen LogP contribution is 2.29. The lowest BCUT2D eigenvalue weighted by Gasteiger charge is -2.27. The van der Waals surface area contributed by atoms with Gasteiger partial charge in [-0.05, 0) is 36.1 Å². The van der Waals surface area contributed by atoms with Gasteiger partial charge in [-0.2, -0.15) is 0 Å². The molecular formula is C26H24N4O3S2. The summed E-state index contributed by atoms with van der Waals surface area (Å²) in [7, 11) is 0. The van der Waals surface area contributed by atoms with E-state index in [9.17, 15) is 9.59 Å². The molecule has 0 saturated heterocycles. The second-order valence-electron chi connectivity index (χ2n) is 7.50. The molecule has 2 aromatic heterocycles. The van der Waals surface area contributed by atoms with Crippen LogP contribution >= 0.6 is 23.5 Å². The lowest BCUT2D eigenvalue weighted by Crippen LogP contribution is -2.44. The molecule has 0 radical (unpaired) electrons. The average molecular weight is 505 g/mol. The highest BCUT2D eigenvalue weighted by atomic mass is 32.2. The van der Waals surface area contributed by atoms with Gasteiger partial charge in [0.05, 0.1) is 18.1 Å². The zero-order valence-corrected chi connectivity index (χ0v) is 20.6. The van der Waals surface area contributed by atoms with Gasteiger partial charge in [-0.25, -0.2) is 14.8 Å². The summed E-state index contributed by atoms with van der Waals surface area (Å²) in [6.45, 7) is 0. The van der Waals surface area contributed by atoms with Crippen LogP contribution in [0.2, 0.25) is 0 Å². The number of aromatic amines is 1. The van der Waals surface area contributed by atoms with Crippen LogP contribution < -0.4 is 5.32 Å². The third-order valence-corrected chi connectivity index (χ3v) is 7.05. The molecule has 0 bridgehead atoms. The van der Waals surface area contributed by atoms with Crippen molar-refractivity contribution in [2.45, 2.75) is 27.8 Å². The van der Waals surface area contributed by atoms with Crippen LogP contribution in [0.1, 0.15) is 26.4 Å². The summed E-state index contributed by atoms with van der Waals surface area (Å²) in [5, 5.41) is 3.15.